The maximum Gasteiger partial charge on any atom is 0.263 e. The normalized spacial score (nSPS) is 11.5. The minimum Gasteiger partial charge on any atom is -0.264 e. The Bertz CT molecular complexity index is 873. The average molecular weight is 337 g/mol. The lowest BCUT2D eigenvalue weighted by molar-refractivity contribution is 0.594. The minimum absolute atomic E-state index is 0.129. The van der Waals surface area contributed by atoms with Crippen LogP contribution in [0.4, 0.5) is 10.2 Å². The fraction of sp³-hybridized carbons (Fsp3) is 0.0714. The van der Waals surface area contributed by atoms with Crippen LogP contribution in [0.2, 0.25) is 0 Å². The summed E-state index contributed by atoms with van der Waals surface area (Å²) >= 11 is 1.56. The second kappa shape index (κ2) is 5.90. The van der Waals surface area contributed by atoms with E-state index in [-0.39, 0.29) is 4.90 Å². The Labute approximate surface area is 131 Å². The first-order chi connectivity index (χ1) is 10.5. The van der Waals surface area contributed by atoms with Gasteiger partial charge in [0.15, 0.2) is 0 Å². The first-order valence-electron chi connectivity index (χ1n) is 6.36. The summed E-state index contributed by atoms with van der Waals surface area (Å²) in [5.74, 6) is -0.273. The standard InChI is InChI=1S/C14H12FN3O2S2/c15-12-2-1-3-13(8-12)22(19,20)17-14-4-6-16-18(14)9-11-5-7-21-10-11/h1-8,10,17H,9H2. The molecule has 0 aliphatic carbocycles. The van der Waals surface area contributed by atoms with E-state index in [0.29, 0.717) is 12.4 Å². The second-order valence-electron chi connectivity index (χ2n) is 4.57. The molecule has 0 saturated carbocycles. The minimum atomic E-state index is -3.86. The van der Waals surface area contributed by atoms with Gasteiger partial charge in [-0.25, -0.2) is 17.5 Å². The lowest BCUT2D eigenvalue weighted by atomic mass is 10.3. The molecule has 3 rings (SSSR count). The van der Waals surface area contributed by atoms with Crippen LogP contribution >= 0.6 is 11.3 Å². The predicted molar refractivity (Wildman–Crippen MR) is 82.9 cm³/mol. The molecule has 114 valence electrons. The molecule has 5 nitrogen and oxygen atoms in total. The SMILES string of the molecule is O=S(=O)(Nc1ccnn1Cc1ccsc1)c1cccc(F)c1. The smallest absolute Gasteiger partial charge is 0.263 e. The molecule has 0 aliphatic heterocycles. The zero-order chi connectivity index (χ0) is 15.6. The molecule has 0 unspecified atom stereocenters. The maximum atomic E-state index is 13.2. The van der Waals surface area contributed by atoms with Gasteiger partial charge in [0.05, 0.1) is 17.6 Å². The fourth-order valence-corrected chi connectivity index (χ4v) is 3.68. The van der Waals surface area contributed by atoms with Crippen molar-refractivity contribution in [3.63, 3.8) is 0 Å². The molecule has 0 bridgehead atoms. The van der Waals surface area contributed by atoms with Crippen molar-refractivity contribution < 1.29 is 12.8 Å². The molecule has 0 atom stereocenters. The number of thiophene rings is 1. The molecule has 2 aromatic heterocycles. The molecule has 1 aromatic carbocycles. The number of aromatic nitrogens is 2. The van der Waals surface area contributed by atoms with E-state index < -0.39 is 15.8 Å². The largest absolute Gasteiger partial charge is 0.264 e. The van der Waals surface area contributed by atoms with Crippen LogP contribution in [0.15, 0.2) is 58.3 Å². The zero-order valence-corrected chi connectivity index (χ0v) is 12.9. The van der Waals surface area contributed by atoms with Gasteiger partial charge >= 0.3 is 0 Å². The van der Waals surface area contributed by atoms with Crippen molar-refractivity contribution in [2.24, 2.45) is 0 Å². The maximum absolute atomic E-state index is 13.2. The predicted octanol–water partition coefficient (Wildman–Crippen LogP) is 2.93. The number of sulfonamides is 1. The number of hydrogen-bond donors (Lipinski definition) is 1. The summed E-state index contributed by atoms with van der Waals surface area (Å²) in [4.78, 5) is -0.129. The third-order valence-corrected chi connectivity index (χ3v) is 5.06. The topological polar surface area (TPSA) is 64.0 Å². The van der Waals surface area contributed by atoms with Crippen LogP contribution in [0.5, 0.6) is 0 Å². The van der Waals surface area contributed by atoms with Crippen LogP contribution in [-0.2, 0) is 16.6 Å². The highest BCUT2D eigenvalue weighted by Gasteiger charge is 2.17. The van der Waals surface area contributed by atoms with Crippen molar-refractivity contribution in [2.45, 2.75) is 11.4 Å². The Morgan fingerprint density at radius 3 is 2.86 bits per heavy atom. The Morgan fingerprint density at radius 1 is 1.27 bits per heavy atom. The Balaban J connectivity index is 1.86. The van der Waals surface area contributed by atoms with Gasteiger partial charge < -0.3 is 0 Å². The summed E-state index contributed by atoms with van der Waals surface area (Å²) in [5, 5.41) is 8.01. The van der Waals surface area contributed by atoms with Gasteiger partial charge in [-0.3, -0.25) is 4.72 Å². The average Bonchev–Trinajstić information content (AvgIpc) is 3.12. The van der Waals surface area contributed by atoms with Crippen LogP contribution < -0.4 is 4.72 Å². The third-order valence-electron chi connectivity index (χ3n) is 2.97. The monoisotopic (exact) mass is 337 g/mol. The molecule has 0 radical (unpaired) electrons. The lowest BCUT2D eigenvalue weighted by Gasteiger charge is -2.10. The molecule has 22 heavy (non-hydrogen) atoms. The summed E-state index contributed by atoms with van der Waals surface area (Å²) in [5.41, 5.74) is 1.03. The highest BCUT2D eigenvalue weighted by atomic mass is 32.2. The first kappa shape index (κ1) is 14.7. The Morgan fingerprint density at radius 2 is 2.14 bits per heavy atom. The Hall–Kier alpha value is -2.19. The summed E-state index contributed by atoms with van der Waals surface area (Å²) in [6.45, 7) is 0.456. The molecule has 0 aliphatic rings. The van der Waals surface area contributed by atoms with E-state index in [2.05, 4.69) is 9.82 Å². The van der Waals surface area contributed by atoms with Gasteiger partial charge in [-0.05, 0) is 40.6 Å². The van der Waals surface area contributed by atoms with Crippen molar-refractivity contribution in [1.29, 1.82) is 0 Å². The van der Waals surface area contributed by atoms with Gasteiger partial charge in [0, 0.05) is 6.07 Å². The Kier molecular flexibility index (Phi) is 3.95. The van der Waals surface area contributed by atoms with Gasteiger partial charge in [0.2, 0.25) is 0 Å². The van der Waals surface area contributed by atoms with Crippen LogP contribution in [0, 0.1) is 5.82 Å². The number of hydrogen-bond acceptors (Lipinski definition) is 4. The molecule has 3 aromatic rings. The quantitative estimate of drug-likeness (QED) is 0.778. The number of nitrogens with one attached hydrogen (secondary N) is 1. The number of benzene rings is 1. The number of nitrogens with zero attached hydrogens (tertiary/aromatic N) is 2. The van der Waals surface area contributed by atoms with E-state index in [0.717, 1.165) is 11.6 Å². The van der Waals surface area contributed by atoms with Gasteiger partial charge in [0.1, 0.15) is 11.6 Å². The molecule has 2 heterocycles. The van der Waals surface area contributed by atoms with Crippen LogP contribution in [0.25, 0.3) is 0 Å². The van der Waals surface area contributed by atoms with E-state index in [9.17, 15) is 12.8 Å². The molecule has 0 spiro atoms. The fourth-order valence-electron chi connectivity index (χ4n) is 1.93. The van der Waals surface area contributed by atoms with E-state index in [1.165, 1.54) is 24.4 Å². The highest BCUT2D eigenvalue weighted by molar-refractivity contribution is 7.92. The van der Waals surface area contributed by atoms with Crippen molar-refractivity contribution >= 4 is 27.2 Å². The van der Waals surface area contributed by atoms with Crippen molar-refractivity contribution in [3.05, 3.63) is 64.7 Å². The molecule has 0 amide bonds. The van der Waals surface area contributed by atoms with Crippen molar-refractivity contribution in [1.82, 2.24) is 9.78 Å². The molecule has 0 fully saturated rings. The molecular weight excluding hydrogens is 325 g/mol. The summed E-state index contributed by atoms with van der Waals surface area (Å²) < 4.78 is 41.8. The van der Waals surface area contributed by atoms with Crippen LogP contribution in [0.3, 0.4) is 0 Å². The summed E-state index contributed by atoms with van der Waals surface area (Å²) in [6.07, 6.45) is 1.51. The molecule has 0 saturated heterocycles. The summed E-state index contributed by atoms with van der Waals surface area (Å²) in [7, 11) is -3.86. The van der Waals surface area contributed by atoms with E-state index >= 15 is 0 Å². The van der Waals surface area contributed by atoms with E-state index in [4.69, 9.17) is 0 Å². The third kappa shape index (κ3) is 3.18. The van der Waals surface area contributed by atoms with E-state index in [1.807, 2.05) is 16.8 Å². The summed E-state index contributed by atoms with van der Waals surface area (Å²) in [6, 6.07) is 8.36. The second-order valence-corrected chi connectivity index (χ2v) is 7.03. The first-order valence-corrected chi connectivity index (χ1v) is 8.78. The number of anilines is 1. The molecule has 1 N–H and O–H groups in total. The van der Waals surface area contributed by atoms with Gasteiger partial charge in [-0.2, -0.15) is 16.4 Å². The van der Waals surface area contributed by atoms with Crippen molar-refractivity contribution in [3.8, 4) is 0 Å². The van der Waals surface area contributed by atoms with Crippen LogP contribution in [-0.4, -0.2) is 18.2 Å². The van der Waals surface area contributed by atoms with Crippen molar-refractivity contribution in [2.75, 3.05) is 4.72 Å². The van der Waals surface area contributed by atoms with E-state index in [1.54, 1.807) is 22.1 Å². The van der Waals surface area contributed by atoms with Crippen LogP contribution in [0.1, 0.15) is 5.56 Å². The number of halogens is 1. The highest BCUT2D eigenvalue weighted by Crippen LogP contribution is 2.18. The number of rotatable bonds is 5. The zero-order valence-electron chi connectivity index (χ0n) is 11.3. The molecular formula is C14H12FN3O2S2. The molecule has 8 heteroatoms. The van der Waals surface area contributed by atoms with Gasteiger partial charge in [-0.15, -0.1) is 0 Å². The van der Waals surface area contributed by atoms with Gasteiger partial charge in [0.25, 0.3) is 10.0 Å². The lowest BCUT2D eigenvalue weighted by Crippen LogP contribution is -2.16. The van der Waals surface area contributed by atoms with Gasteiger partial charge in [-0.1, -0.05) is 6.07 Å².